The molecule has 2 aliphatic heterocycles. The second-order valence-corrected chi connectivity index (χ2v) is 8.45. The van der Waals surface area contributed by atoms with Gasteiger partial charge in [-0.15, -0.1) is 0 Å². The lowest BCUT2D eigenvalue weighted by Gasteiger charge is -2.39. The van der Waals surface area contributed by atoms with Crippen LogP contribution in [0, 0.1) is 5.92 Å². The number of rotatable bonds is 6. The highest BCUT2D eigenvalue weighted by Gasteiger charge is 2.44. The average molecular weight is 348 g/mol. The van der Waals surface area contributed by atoms with Crippen molar-refractivity contribution in [2.75, 3.05) is 13.1 Å². The van der Waals surface area contributed by atoms with Gasteiger partial charge in [-0.05, 0) is 65.3 Å². The van der Waals surface area contributed by atoms with Crippen molar-refractivity contribution in [2.45, 2.75) is 77.1 Å². The molecule has 2 unspecified atom stereocenters. The quantitative estimate of drug-likeness (QED) is 0.803. The highest BCUT2D eigenvalue weighted by atomic mass is 16.6. The highest BCUT2D eigenvalue weighted by Crippen LogP contribution is 2.40. The number of hydrogen-bond acceptors (Lipinski definition) is 4. The van der Waals surface area contributed by atoms with Crippen LogP contribution in [-0.2, 0) is 11.3 Å². The Hall–Kier alpha value is -1.56. The molecule has 0 saturated carbocycles. The third-order valence-electron chi connectivity index (χ3n) is 5.27. The predicted octanol–water partition coefficient (Wildman–Crippen LogP) is 3.04. The predicted molar refractivity (Wildman–Crippen MR) is 97.3 cm³/mol. The first kappa shape index (κ1) is 18.2. The lowest BCUT2D eigenvalue weighted by atomic mass is 9.88. The molecule has 2 bridgehead atoms. The van der Waals surface area contributed by atoms with Crippen molar-refractivity contribution in [3.63, 3.8) is 0 Å². The van der Waals surface area contributed by atoms with E-state index < -0.39 is 5.60 Å². The van der Waals surface area contributed by atoms with Gasteiger partial charge in [0.15, 0.2) is 0 Å². The molecule has 25 heavy (non-hydrogen) atoms. The van der Waals surface area contributed by atoms with Gasteiger partial charge in [-0.1, -0.05) is 0 Å². The van der Waals surface area contributed by atoms with Crippen LogP contribution >= 0.6 is 0 Å². The molecule has 0 aliphatic carbocycles. The molecular weight excluding hydrogens is 316 g/mol. The molecule has 3 heterocycles. The van der Waals surface area contributed by atoms with Gasteiger partial charge < -0.3 is 19.5 Å². The fourth-order valence-corrected chi connectivity index (χ4v) is 4.20. The van der Waals surface area contributed by atoms with Crippen LogP contribution in [-0.4, -0.2) is 51.3 Å². The number of nitrogens with zero attached hydrogens (tertiary/aromatic N) is 3. The van der Waals surface area contributed by atoms with Crippen LogP contribution in [0.15, 0.2) is 18.7 Å². The van der Waals surface area contributed by atoms with Crippen LogP contribution in [0.1, 0.15) is 52.9 Å². The Morgan fingerprint density at radius 3 is 2.56 bits per heavy atom. The molecule has 1 aromatic heterocycles. The molecule has 2 aliphatic rings. The van der Waals surface area contributed by atoms with Gasteiger partial charge >= 0.3 is 6.09 Å². The van der Waals surface area contributed by atoms with Gasteiger partial charge in [-0.2, -0.15) is 0 Å². The Bertz CT molecular complexity index is 538. The van der Waals surface area contributed by atoms with Crippen LogP contribution in [0.4, 0.5) is 4.79 Å². The molecule has 2 saturated heterocycles. The number of nitrogens with one attached hydrogen (secondary N) is 1. The van der Waals surface area contributed by atoms with E-state index >= 15 is 0 Å². The van der Waals surface area contributed by atoms with Crippen molar-refractivity contribution in [2.24, 2.45) is 5.92 Å². The largest absolute Gasteiger partial charge is 0.444 e. The molecule has 1 aromatic rings. The molecule has 1 amide bonds. The summed E-state index contributed by atoms with van der Waals surface area (Å²) in [6.45, 7) is 8.80. The van der Waals surface area contributed by atoms with E-state index in [1.165, 1.54) is 6.42 Å². The first-order valence-corrected chi connectivity index (χ1v) is 9.60. The lowest BCUT2D eigenvalue weighted by Crippen LogP contribution is -2.48. The maximum absolute atomic E-state index is 12.5. The first-order chi connectivity index (χ1) is 11.9. The molecular formula is C19H32N4O2. The SMILES string of the molecule is CC(C)(C)OC(=O)N1C2CCC1CC(CCNCCn1ccnc1)C2. The Morgan fingerprint density at radius 1 is 1.24 bits per heavy atom. The lowest BCUT2D eigenvalue weighted by molar-refractivity contribution is 0.00168. The van der Waals surface area contributed by atoms with E-state index in [4.69, 9.17) is 4.74 Å². The zero-order valence-electron chi connectivity index (χ0n) is 15.8. The second-order valence-electron chi connectivity index (χ2n) is 8.45. The summed E-state index contributed by atoms with van der Waals surface area (Å²) >= 11 is 0. The fraction of sp³-hybridized carbons (Fsp3) is 0.789. The van der Waals surface area contributed by atoms with E-state index in [1.54, 1.807) is 0 Å². The summed E-state index contributed by atoms with van der Waals surface area (Å²) < 4.78 is 7.70. The number of carbonyl (C=O) groups excluding carboxylic acids is 1. The van der Waals surface area contributed by atoms with Crippen LogP contribution in [0.25, 0.3) is 0 Å². The van der Waals surface area contributed by atoms with Crippen LogP contribution in [0.3, 0.4) is 0 Å². The molecule has 2 atom stereocenters. The molecule has 3 rings (SSSR count). The van der Waals surface area contributed by atoms with Gasteiger partial charge in [0, 0.05) is 37.6 Å². The van der Waals surface area contributed by atoms with Gasteiger partial charge in [-0.3, -0.25) is 0 Å². The zero-order valence-corrected chi connectivity index (χ0v) is 15.8. The standard InChI is InChI=1S/C19H32N4O2/c1-19(2,3)25-18(24)23-16-4-5-17(23)13-15(12-16)6-7-20-8-10-22-11-9-21-14-22/h9,11,14-17,20H,4-8,10,12-13H2,1-3H3. The summed E-state index contributed by atoms with van der Waals surface area (Å²) in [6, 6.07) is 0.758. The van der Waals surface area contributed by atoms with Crippen LogP contribution < -0.4 is 5.32 Å². The van der Waals surface area contributed by atoms with Gasteiger partial charge in [0.1, 0.15) is 5.60 Å². The third kappa shape index (κ3) is 4.97. The van der Waals surface area contributed by atoms with E-state index in [0.29, 0.717) is 12.1 Å². The first-order valence-electron chi connectivity index (χ1n) is 9.60. The molecule has 6 nitrogen and oxygen atoms in total. The topological polar surface area (TPSA) is 59.4 Å². The summed E-state index contributed by atoms with van der Waals surface area (Å²) in [5, 5.41) is 3.53. The number of aromatic nitrogens is 2. The van der Waals surface area contributed by atoms with E-state index in [0.717, 1.165) is 51.2 Å². The number of ether oxygens (including phenoxy) is 1. The number of piperidine rings is 1. The minimum absolute atomic E-state index is 0.114. The van der Waals surface area contributed by atoms with E-state index in [-0.39, 0.29) is 6.09 Å². The average Bonchev–Trinajstić information content (AvgIpc) is 3.12. The van der Waals surface area contributed by atoms with E-state index in [1.807, 2.05) is 44.4 Å². The monoisotopic (exact) mass is 348 g/mol. The summed E-state index contributed by atoms with van der Waals surface area (Å²) in [4.78, 5) is 18.6. The molecule has 0 aromatic carbocycles. The smallest absolute Gasteiger partial charge is 0.410 e. The molecule has 0 spiro atoms. The van der Waals surface area contributed by atoms with Gasteiger partial charge in [0.05, 0.1) is 6.33 Å². The molecule has 6 heteroatoms. The number of carbonyl (C=O) groups is 1. The number of fused-ring (bicyclic) bond motifs is 2. The molecule has 1 N–H and O–H groups in total. The third-order valence-corrected chi connectivity index (χ3v) is 5.27. The number of amides is 1. The molecule has 2 fully saturated rings. The van der Waals surface area contributed by atoms with Crippen molar-refractivity contribution < 1.29 is 9.53 Å². The van der Waals surface area contributed by atoms with E-state index in [2.05, 4.69) is 14.9 Å². The van der Waals surface area contributed by atoms with Crippen LogP contribution in [0.5, 0.6) is 0 Å². The van der Waals surface area contributed by atoms with Gasteiger partial charge in [0.2, 0.25) is 0 Å². The zero-order chi connectivity index (χ0) is 17.9. The van der Waals surface area contributed by atoms with Crippen molar-refractivity contribution in [1.29, 1.82) is 0 Å². The van der Waals surface area contributed by atoms with Gasteiger partial charge in [0.25, 0.3) is 0 Å². The second kappa shape index (κ2) is 7.77. The Kier molecular flexibility index (Phi) is 5.67. The summed E-state index contributed by atoms with van der Waals surface area (Å²) in [6.07, 6.45) is 11.3. The number of imidazole rings is 1. The maximum Gasteiger partial charge on any atom is 0.410 e. The normalized spacial score (nSPS) is 26.0. The molecule has 140 valence electrons. The van der Waals surface area contributed by atoms with Crippen LogP contribution in [0.2, 0.25) is 0 Å². The van der Waals surface area contributed by atoms with Gasteiger partial charge in [-0.25, -0.2) is 9.78 Å². The van der Waals surface area contributed by atoms with Crippen molar-refractivity contribution in [3.05, 3.63) is 18.7 Å². The van der Waals surface area contributed by atoms with Crippen molar-refractivity contribution in [3.8, 4) is 0 Å². The highest BCUT2D eigenvalue weighted by molar-refractivity contribution is 5.69. The summed E-state index contributed by atoms with van der Waals surface area (Å²) in [5.41, 5.74) is -0.410. The Morgan fingerprint density at radius 2 is 1.96 bits per heavy atom. The Labute approximate surface area is 150 Å². The summed E-state index contributed by atoms with van der Waals surface area (Å²) in [5.74, 6) is 0.719. The van der Waals surface area contributed by atoms with Crippen molar-refractivity contribution >= 4 is 6.09 Å². The number of hydrogen-bond donors (Lipinski definition) is 1. The maximum atomic E-state index is 12.5. The Balaban J connectivity index is 1.39. The van der Waals surface area contributed by atoms with E-state index in [9.17, 15) is 4.79 Å². The molecule has 0 radical (unpaired) electrons. The fourth-order valence-electron chi connectivity index (χ4n) is 4.20. The minimum atomic E-state index is -0.410. The van der Waals surface area contributed by atoms with Crippen molar-refractivity contribution in [1.82, 2.24) is 19.8 Å². The summed E-state index contributed by atoms with van der Waals surface area (Å²) in [7, 11) is 0. The minimum Gasteiger partial charge on any atom is -0.444 e.